The van der Waals surface area contributed by atoms with Crippen LogP contribution in [-0.4, -0.2) is 13.1 Å². The van der Waals surface area contributed by atoms with E-state index in [1.807, 2.05) is 0 Å². The van der Waals surface area contributed by atoms with Gasteiger partial charge in [0.2, 0.25) is 0 Å². The number of halogens is 2. The van der Waals surface area contributed by atoms with Crippen LogP contribution in [0.15, 0.2) is 42.5 Å². The average Bonchev–Trinajstić information content (AvgIpc) is 2.37. The molecule has 0 N–H and O–H groups in total. The molecule has 2 aromatic carbocycles. The number of ether oxygens (including phenoxy) is 2. The first-order chi connectivity index (χ1) is 9.08. The van der Waals surface area contributed by atoms with Gasteiger partial charge in [-0.15, -0.1) is 0 Å². The van der Waals surface area contributed by atoms with Crippen LogP contribution in [-0.2, 0) is 4.74 Å². The summed E-state index contributed by atoms with van der Waals surface area (Å²) in [6, 6.07) is 8.96. The van der Waals surface area contributed by atoms with Crippen molar-refractivity contribution >= 4 is 5.97 Å². The summed E-state index contributed by atoms with van der Waals surface area (Å²) < 4.78 is 35.9. The number of carbonyl (C=O) groups is 1. The summed E-state index contributed by atoms with van der Waals surface area (Å²) in [5, 5.41) is 0. The average molecular weight is 264 g/mol. The lowest BCUT2D eigenvalue weighted by Crippen LogP contribution is -2.00. The predicted molar refractivity (Wildman–Crippen MR) is 64.2 cm³/mol. The van der Waals surface area contributed by atoms with Crippen molar-refractivity contribution in [3.8, 4) is 11.5 Å². The molecule has 0 aromatic heterocycles. The van der Waals surface area contributed by atoms with Crippen LogP contribution >= 0.6 is 0 Å². The van der Waals surface area contributed by atoms with Crippen LogP contribution in [0.1, 0.15) is 10.4 Å². The molecule has 0 spiro atoms. The van der Waals surface area contributed by atoms with Crippen molar-refractivity contribution in [3.05, 3.63) is 59.7 Å². The van der Waals surface area contributed by atoms with E-state index in [4.69, 9.17) is 4.74 Å². The smallest absolute Gasteiger partial charge is 0.337 e. The maximum absolute atomic E-state index is 13.0. The highest BCUT2D eigenvalue weighted by Gasteiger charge is 2.08. The fraction of sp³-hybridized carbons (Fsp3) is 0.0714. The van der Waals surface area contributed by atoms with Gasteiger partial charge in [-0.2, -0.15) is 0 Å². The second-order valence-corrected chi connectivity index (χ2v) is 3.73. The van der Waals surface area contributed by atoms with Crippen LogP contribution < -0.4 is 4.74 Å². The molecule has 0 amide bonds. The van der Waals surface area contributed by atoms with Gasteiger partial charge in [0.15, 0.2) is 0 Å². The van der Waals surface area contributed by atoms with Crippen molar-refractivity contribution in [2.24, 2.45) is 0 Å². The Bertz CT molecular complexity index is 591. The molecule has 0 bridgehead atoms. The molecule has 0 atom stereocenters. The molecule has 0 aliphatic carbocycles. The van der Waals surface area contributed by atoms with Crippen molar-refractivity contribution in [3.63, 3.8) is 0 Å². The van der Waals surface area contributed by atoms with Crippen molar-refractivity contribution < 1.29 is 23.0 Å². The van der Waals surface area contributed by atoms with Gasteiger partial charge in [-0.3, -0.25) is 0 Å². The van der Waals surface area contributed by atoms with E-state index in [2.05, 4.69) is 4.74 Å². The summed E-state index contributed by atoms with van der Waals surface area (Å²) in [7, 11) is 1.26. The summed E-state index contributed by atoms with van der Waals surface area (Å²) in [5.41, 5.74) is 0.289. The molecular weight excluding hydrogens is 254 g/mol. The van der Waals surface area contributed by atoms with E-state index >= 15 is 0 Å². The van der Waals surface area contributed by atoms with Crippen LogP contribution in [0, 0.1) is 11.6 Å². The topological polar surface area (TPSA) is 35.5 Å². The Balaban J connectivity index is 2.25. The molecular formula is C14H10F2O3. The van der Waals surface area contributed by atoms with Crippen molar-refractivity contribution in [1.82, 2.24) is 0 Å². The minimum atomic E-state index is -0.737. The van der Waals surface area contributed by atoms with Crippen LogP contribution in [0.4, 0.5) is 8.78 Å². The van der Waals surface area contributed by atoms with Crippen molar-refractivity contribution in [1.29, 1.82) is 0 Å². The maximum atomic E-state index is 13.0. The number of benzene rings is 2. The van der Waals surface area contributed by atoms with Crippen LogP contribution in [0.2, 0.25) is 0 Å². The minimum absolute atomic E-state index is 0.0134. The Hall–Kier alpha value is -2.43. The van der Waals surface area contributed by atoms with Gasteiger partial charge in [-0.25, -0.2) is 13.6 Å². The SMILES string of the molecule is COC(=O)c1cccc(Oc2cc(F)cc(F)c2)c1. The van der Waals surface area contributed by atoms with E-state index in [9.17, 15) is 13.6 Å². The summed E-state index contributed by atoms with van der Waals surface area (Å²) >= 11 is 0. The fourth-order valence-electron chi connectivity index (χ4n) is 1.53. The zero-order chi connectivity index (χ0) is 13.8. The molecule has 0 aliphatic heterocycles. The van der Waals surface area contributed by atoms with Gasteiger partial charge in [-0.05, 0) is 18.2 Å². The highest BCUT2D eigenvalue weighted by atomic mass is 19.1. The first-order valence-electron chi connectivity index (χ1n) is 5.41. The molecule has 98 valence electrons. The summed E-state index contributed by atoms with van der Waals surface area (Å²) in [6.07, 6.45) is 0. The van der Waals surface area contributed by atoms with E-state index in [-0.39, 0.29) is 17.1 Å². The minimum Gasteiger partial charge on any atom is -0.465 e. The number of methoxy groups -OCH3 is 1. The second kappa shape index (κ2) is 5.48. The molecule has 0 aliphatic rings. The Morgan fingerprint density at radius 2 is 1.68 bits per heavy atom. The molecule has 3 nitrogen and oxygen atoms in total. The molecule has 5 heteroatoms. The molecule has 2 rings (SSSR count). The number of hydrogen-bond donors (Lipinski definition) is 0. The number of rotatable bonds is 3. The van der Waals surface area contributed by atoms with E-state index in [1.165, 1.54) is 13.2 Å². The Kier molecular flexibility index (Phi) is 3.75. The standard InChI is InChI=1S/C14H10F2O3/c1-18-14(17)9-3-2-4-12(5-9)19-13-7-10(15)6-11(16)8-13/h2-8H,1H3. The molecule has 0 heterocycles. The molecule has 0 fully saturated rings. The van der Waals surface area contributed by atoms with E-state index in [0.29, 0.717) is 0 Å². The molecule has 0 saturated heterocycles. The van der Waals surface area contributed by atoms with Gasteiger partial charge < -0.3 is 9.47 Å². The van der Waals surface area contributed by atoms with E-state index < -0.39 is 17.6 Å². The molecule has 0 saturated carbocycles. The Morgan fingerprint density at radius 3 is 2.32 bits per heavy atom. The highest BCUT2D eigenvalue weighted by Crippen LogP contribution is 2.24. The van der Waals surface area contributed by atoms with Crippen molar-refractivity contribution in [2.75, 3.05) is 7.11 Å². The summed E-state index contributed by atoms with van der Waals surface area (Å²) in [4.78, 5) is 11.3. The van der Waals surface area contributed by atoms with Crippen LogP contribution in [0.5, 0.6) is 11.5 Å². The molecule has 2 aromatic rings. The molecule has 0 unspecified atom stereocenters. The van der Waals surface area contributed by atoms with Gasteiger partial charge in [0, 0.05) is 18.2 Å². The lowest BCUT2D eigenvalue weighted by atomic mass is 10.2. The van der Waals surface area contributed by atoms with Gasteiger partial charge in [0.1, 0.15) is 23.1 Å². The Morgan fingerprint density at radius 1 is 1.00 bits per heavy atom. The lowest BCUT2D eigenvalue weighted by Gasteiger charge is -2.07. The number of hydrogen-bond acceptors (Lipinski definition) is 3. The fourth-order valence-corrected chi connectivity index (χ4v) is 1.53. The quantitative estimate of drug-likeness (QED) is 0.795. The predicted octanol–water partition coefficient (Wildman–Crippen LogP) is 3.54. The zero-order valence-electron chi connectivity index (χ0n) is 10.0. The Labute approximate surface area is 108 Å². The van der Waals surface area contributed by atoms with Crippen LogP contribution in [0.3, 0.4) is 0 Å². The zero-order valence-corrected chi connectivity index (χ0v) is 10.0. The molecule has 19 heavy (non-hydrogen) atoms. The second-order valence-electron chi connectivity index (χ2n) is 3.73. The lowest BCUT2D eigenvalue weighted by molar-refractivity contribution is 0.0600. The summed E-state index contributed by atoms with van der Waals surface area (Å²) in [5.74, 6) is -1.69. The van der Waals surface area contributed by atoms with Gasteiger partial charge >= 0.3 is 5.97 Å². The van der Waals surface area contributed by atoms with Gasteiger partial charge in [0.25, 0.3) is 0 Å². The first kappa shape index (κ1) is 13.0. The monoisotopic (exact) mass is 264 g/mol. The van der Waals surface area contributed by atoms with Gasteiger partial charge in [-0.1, -0.05) is 6.07 Å². The third kappa shape index (κ3) is 3.28. The van der Waals surface area contributed by atoms with Crippen molar-refractivity contribution in [2.45, 2.75) is 0 Å². The van der Waals surface area contributed by atoms with Crippen LogP contribution in [0.25, 0.3) is 0 Å². The first-order valence-corrected chi connectivity index (χ1v) is 5.41. The van der Waals surface area contributed by atoms with Gasteiger partial charge in [0.05, 0.1) is 12.7 Å². The molecule has 0 radical (unpaired) electrons. The third-order valence-electron chi connectivity index (χ3n) is 2.33. The highest BCUT2D eigenvalue weighted by molar-refractivity contribution is 5.89. The largest absolute Gasteiger partial charge is 0.465 e. The third-order valence-corrected chi connectivity index (χ3v) is 2.33. The van der Waals surface area contributed by atoms with E-state index in [1.54, 1.807) is 18.2 Å². The van der Waals surface area contributed by atoms with E-state index in [0.717, 1.165) is 18.2 Å². The number of esters is 1. The maximum Gasteiger partial charge on any atom is 0.337 e. The number of carbonyl (C=O) groups excluding carboxylic acids is 1. The normalized spacial score (nSPS) is 10.1. The summed E-state index contributed by atoms with van der Waals surface area (Å²) in [6.45, 7) is 0.